The van der Waals surface area contributed by atoms with Crippen molar-refractivity contribution in [2.24, 2.45) is 0 Å². The highest BCUT2D eigenvalue weighted by molar-refractivity contribution is 9.10. The molecule has 0 unspecified atom stereocenters. The number of ketones is 1. The summed E-state index contributed by atoms with van der Waals surface area (Å²) in [7, 11) is 0. The van der Waals surface area contributed by atoms with E-state index in [1.807, 2.05) is 0 Å². The van der Waals surface area contributed by atoms with Crippen LogP contribution in [0.5, 0.6) is 5.75 Å². The van der Waals surface area contributed by atoms with E-state index in [9.17, 15) is 9.59 Å². The molecule has 3 aromatic rings. The normalized spacial score (nSPS) is 11.0. The number of benzene rings is 2. The number of hydrogen-bond acceptors (Lipinski definition) is 5. The molecule has 27 heavy (non-hydrogen) atoms. The molecule has 0 amide bonds. The van der Waals surface area contributed by atoms with E-state index in [0.29, 0.717) is 33.6 Å². The van der Waals surface area contributed by atoms with Crippen molar-refractivity contribution in [1.29, 1.82) is 0 Å². The van der Waals surface area contributed by atoms with Gasteiger partial charge in [0.05, 0.1) is 6.10 Å². The highest BCUT2D eigenvalue weighted by Gasteiger charge is 2.21. The zero-order valence-electron chi connectivity index (χ0n) is 15.2. The van der Waals surface area contributed by atoms with Crippen LogP contribution in [0.3, 0.4) is 0 Å². The molecule has 0 aliphatic heterocycles. The summed E-state index contributed by atoms with van der Waals surface area (Å²) in [6, 6.07) is 12.2. The number of Topliss-reactive ketones (excluding diaryl/α,β-unsaturated/α-hetero) is 1. The molecular formula is C21H19BrO5. The smallest absolute Gasteiger partial charge is 0.342 e. The first-order valence-corrected chi connectivity index (χ1v) is 9.30. The van der Waals surface area contributed by atoms with Crippen LogP contribution in [0.15, 0.2) is 51.4 Å². The summed E-state index contributed by atoms with van der Waals surface area (Å²) in [5.74, 6) is 0.390. The molecule has 0 bridgehead atoms. The number of furan rings is 1. The summed E-state index contributed by atoms with van der Waals surface area (Å²) < 4.78 is 17.5. The van der Waals surface area contributed by atoms with Gasteiger partial charge >= 0.3 is 5.97 Å². The maximum absolute atomic E-state index is 12.4. The SMILES string of the molecule is Cc1oc2ccc(OCC(=O)c3ccc(Br)cc3)cc2c1C(=O)OC(C)C. The highest BCUT2D eigenvalue weighted by atomic mass is 79.9. The molecule has 2 aromatic carbocycles. The fraction of sp³-hybridized carbons (Fsp3) is 0.238. The Hall–Kier alpha value is -2.60. The molecule has 1 aromatic heterocycles. The van der Waals surface area contributed by atoms with E-state index in [-0.39, 0.29) is 18.5 Å². The van der Waals surface area contributed by atoms with Gasteiger partial charge < -0.3 is 13.9 Å². The average molecular weight is 431 g/mol. The van der Waals surface area contributed by atoms with Gasteiger partial charge in [-0.1, -0.05) is 28.1 Å². The van der Waals surface area contributed by atoms with Crippen molar-refractivity contribution in [2.75, 3.05) is 6.61 Å². The van der Waals surface area contributed by atoms with Crippen LogP contribution in [0.4, 0.5) is 0 Å². The number of fused-ring (bicyclic) bond motifs is 1. The second-order valence-electron chi connectivity index (χ2n) is 6.36. The molecule has 0 N–H and O–H groups in total. The van der Waals surface area contributed by atoms with Crippen molar-refractivity contribution in [3.63, 3.8) is 0 Å². The number of hydrogen-bond donors (Lipinski definition) is 0. The molecule has 0 aliphatic rings. The second-order valence-corrected chi connectivity index (χ2v) is 7.28. The van der Waals surface area contributed by atoms with Crippen LogP contribution in [0.25, 0.3) is 11.0 Å². The van der Waals surface area contributed by atoms with Crippen molar-refractivity contribution in [3.8, 4) is 5.75 Å². The van der Waals surface area contributed by atoms with Gasteiger partial charge in [0.15, 0.2) is 12.4 Å². The van der Waals surface area contributed by atoms with E-state index in [1.165, 1.54) is 0 Å². The molecule has 1 heterocycles. The predicted octanol–water partition coefficient (Wildman–Crippen LogP) is 5.33. The van der Waals surface area contributed by atoms with Crippen molar-refractivity contribution in [2.45, 2.75) is 26.9 Å². The Morgan fingerprint density at radius 2 is 1.81 bits per heavy atom. The average Bonchev–Trinajstić information content (AvgIpc) is 2.94. The van der Waals surface area contributed by atoms with Crippen LogP contribution in [-0.2, 0) is 4.74 Å². The van der Waals surface area contributed by atoms with E-state index >= 15 is 0 Å². The molecule has 0 aliphatic carbocycles. The maximum atomic E-state index is 12.4. The van der Waals surface area contributed by atoms with Crippen LogP contribution in [0, 0.1) is 6.92 Å². The zero-order valence-corrected chi connectivity index (χ0v) is 16.8. The van der Waals surface area contributed by atoms with Crippen LogP contribution in [0.1, 0.15) is 40.3 Å². The lowest BCUT2D eigenvalue weighted by Crippen LogP contribution is -2.12. The molecule has 6 heteroatoms. The lowest BCUT2D eigenvalue weighted by Gasteiger charge is -2.08. The van der Waals surface area contributed by atoms with Crippen molar-refractivity contribution >= 4 is 38.7 Å². The van der Waals surface area contributed by atoms with Crippen molar-refractivity contribution < 1.29 is 23.5 Å². The number of carbonyl (C=O) groups is 2. The standard InChI is InChI=1S/C21H19BrO5/c1-12(2)26-21(24)20-13(3)27-19-9-8-16(10-17(19)20)25-11-18(23)14-4-6-15(22)7-5-14/h4-10,12H,11H2,1-3H3. The van der Waals surface area contributed by atoms with Gasteiger partial charge in [0.1, 0.15) is 22.7 Å². The molecular weight excluding hydrogens is 412 g/mol. The van der Waals surface area contributed by atoms with Gasteiger partial charge in [0.2, 0.25) is 0 Å². The van der Waals surface area contributed by atoms with Crippen molar-refractivity contribution in [3.05, 3.63) is 63.8 Å². The Kier molecular flexibility index (Phi) is 5.65. The Balaban J connectivity index is 1.80. The van der Waals surface area contributed by atoms with E-state index in [1.54, 1.807) is 63.2 Å². The van der Waals surface area contributed by atoms with Crippen LogP contribution in [0.2, 0.25) is 0 Å². The number of aryl methyl sites for hydroxylation is 1. The quantitative estimate of drug-likeness (QED) is 0.390. The lowest BCUT2D eigenvalue weighted by molar-refractivity contribution is 0.0378. The molecule has 0 saturated carbocycles. The maximum Gasteiger partial charge on any atom is 0.342 e. The van der Waals surface area contributed by atoms with E-state index in [0.717, 1.165) is 4.47 Å². The Morgan fingerprint density at radius 1 is 1.11 bits per heavy atom. The van der Waals surface area contributed by atoms with Crippen LogP contribution < -0.4 is 4.74 Å². The third-order valence-corrected chi connectivity index (χ3v) is 4.45. The number of carbonyl (C=O) groups excluding carboxylic acids is 2. The monoisotopic (exact) mass is 430 g/mol. The second kappa shape index (κ2) is 7.96. The first-order valence-electron chi connectivity index (χ1n) is 8.51. The van der Waals surface area contributed by atoms with E-state index in [2.05, 4.69) is 15.9 Å². The number of ether oxygens (including phenoxy) is 2. The summed E-state index contributed by atoms with van der Waals surface area (Å²) in [6.07, 6.45) is -0.232. The van der Waals surface area contributed by atoms with Gasteiger partial charge in [-0.25, -0.2) is 4.79 Å². The summed E-state index contributed by atoms with van der Waals surface area (Å²) >= 11 is 3.34. The minimum atomic E-state index is -0.440. The first-order chi connectivity index (χ1) is 12.8. The lowest BCUT2D eigenvalue weighted by atomic mass is 10.1. The Labute approximate surface area is 165 Å². The summed E-state index contributed by atoms with van der Waals surface area (Å²) in [5, 5.41) is 0.603. The zero-order chi connectivity index (χ0) is 19.6. The number of esters is 1. The third-order valence-electron chi connectivity index (χ3n) is 3.92. The summed E-state index contributed by atoms with van der Waals surface area (Å²) in [6.45, 7) is 5.19. The summed E-state index contributed by atoms with van der Waals surface area (Å²) in [4.78, 5) is 24.6. The van der Waals surface area contributed by atoms with Crippen LogP contribution >= 0.6 is 15.9 Å². The highest BCUT2D eigenvalue weighted by Crippen LogP contribution is 2.30. The Bertz CT molecular complexity index is 986. The predicted molar refractivity (Wildman–Crippen MR) is 105 cm³/mol. The van der Waals surface area contributed by atoms with Gasteiger partial charge in [0.25, 0.3) is 0 Å². The van der Waals surface area contributed by atoms with Crippen molar-refractivity contribution in [1.82, 2.24) is 0 Å². The number of rotatable bonds is 6. The minimum absolute atomic E-state index is 0.101. The largest absolute Gasteiger partial charge is 0.485 e. The van der Waals surface area contributed by atoms with Crippen LogP contribution in [-0.4, -0.2) is 24.5 Å². The van der Waals surface area contributed by atoms with E-state index < -0.39 is 5.97 Å². The first kappa shape index (κ1) is 19.2. The molecule has 0 spiro atoms. The third kappa shape index (κ3) is 4.39. The van der Waals surface area contributed by atoms with E-state index in [4.69, 9.17) is 13.9 Å². The number of halogens is 1. The van der Waals surface area contributed by atoms with Gasteiger partial charge in [0, 0.05) is 15.4 Å². The molecule has 0 saturated heterocycles. The van der Waals surface area contributed by atoms with Gasteiger partial charge in [-0.2, -0.15) is 0 Å². The molecule has 140 valence electrons. The van der Waals surface area contributed by atoms with Gasteiger partial charge in [-0.05, 0) is 51.1 Å². The molecule has 5 nitrogen and oxygen atoms in total. The topological polar surface area (TPSA) is 65.7 Å². The Morgan fingerprint density at radius 3 is 2.48 bits per heavy atom. The molecule has 3 rings (SSSR count). The minimum Gasteiger partial charge on any atom is -0.485 e. The molecule has 0 atom stereocenters. The summed E-state index contributed by atoms with van der Waals surface area (Å²) in [5.41, 5.74) is 1.51. The fourth-order valence-electron chi connectivity index (χ4n) is 2.68. The molecule has 0 radical (unpaired) electrons. The molecule has 0 fully saturated rings. The fourth-order valence-corrected chi connectivity index (χ4v) is 2.95. The van der Waals surface area contributed by atoms with Gasteiger partial charge in [-0.3, -0.25) is 4.79 Å². The van der Waals surface area contributed by atoms with Gasteiger partial charge in [-0.15, -0.1) is 0 Å².